The van der Waals surface area contributed by atoms with E-state index in [1.807, 2.05) is 36.4 Å². The second-order valence-corrected chi connectivity index (χ2v) is 7.28. The third kappa shape index (κ3) is 6.79. The predicted octanol–water partition coefficient (Wildman–Crippen LogP) is 5.34. The fourth-order valence-electron chi connectivity index (χ4n) is 2.64. The minimum atomic E-state index is -0.408. The maximum absolute atomic E-state index is 12.9. The lowest BCUT2D eigenvalue weighted by molar-refractivity contribution is -0.116. The molecule has 0 aromatic heterocycles. The van der Waals surface area contributed by atoms with Crippen molar-refractivity contribution in [3.05, 3.63) is 99.8 Å². The number of hydrogen-bond acceptors (Lipinski definition) is 4. The standard InChI is InChI=1S/C24H20BrFN2O3/c1-30-22-14-19(13-21(25)24(22)31-16-18-5-3-2-4-6-18)15-27-28-23(29)12-9-17-7-10-20(26)11-8-17/h2-15H,16H2,1H3,(H,28,29)/b12-9+,27-15-. The molecule has 31 heavy (non-hydrogen) atoms. The van der Waals surface area contributed by atoms with Gasteiger partial charge >= 0.3 is 0 Å². The fourth-order valence-corrected chi connectivity index (χ4v) is 3.21. The van der Waals surface area contributed by atoms with Crippen molar-refractivity contribution in [2.45, 2.75) is 6.61 Å². The molecule has 1 amide bonds. The van der Waals surface area contributed by atoms with Gasteiger partial charge in [0.1, 0.15) is 12.4 Å². The van der Waals surface area contributed by atoms with Crippen molar-refractivity contribution in [3.8, 4) is 11.5 Å². The Morgan fingerprint density at radius 1 is 1.10 bits per heavy atom. The Hall–Kier alpha value is -3.45. The van der Waals surface area contributed by atoms with Crippen molar-refractivity contribution in [1.82, 2.24) is 5.43 Å². The molecule has 0 bridgehead atoms. The third-order valence-corrected chi connectivity index (χ3v) is 4.75. The van der Waals surface area contributed by atoms with Crippen LogP contribution in [-0.4, -0.2) is 19.2 Å². The van der Waals surface area contributed by atoms with Crippen LogP contribution >= 0.6 is 15.9 Å². The van der Waals surface area contributed by atoms with Gasteiger partial charge in [0.25, 0.3) is 5.91 Å². The number of rotatable bonds is 8. The Morgan fingerprint density at radius 2 is 1.84 bits per heavy atom. The minimum Gasteiger partial charge on any atom is -0.493 e. The number of amides is 1. The number of benzene rings is 3. The Morgan fingerprint density at radius 3 is 2.55 bits per heavy atom. The molecule has 158 valence electrons. The number of methoxy groups -OCH3 is 1. The van der Waals surface area contributed by atoms with Gasteiger partial charge < -0.3 is 9.47 Å². The highest BCUT2D eigenvalue weighted by Gasteiger charge is 2.11. The van der Waals surface area contributed by atoms with Gasteiger partial charge in [-0.3, -0.25) is 4.79 Å². The Bertz CT molecular complexity index is 1080. The van der Waals surface area contributed by atoms with Crippen LogP contribution in [0.25, 0.3) is 6.08 Å². The zero-order valence-corrected chi connectivity index (χ0v) is 18.3. The number of ether oxygens (including phenoxy) is 2. The summed E-state index contributed by atoms with van der Waals surface area (Å²) in [7, 11) is 1.56. The van der Waals surface area contributed by atoms with E-state index in [4.69, 9.17) is 9.47 Å². The highest BCUT2D eigenvalue weighted by atomic mass is 79.9. The molecule has 0 unspecified atom stereocenters. The Balaban J connectivity index is 1.61. The SMILES string of the molecule is COc1cc(/C=N\NC(=O)/C=C/c2ccc(F)cc2)cc(Br)c1OCc1ccccc1. The van der Waals surface area contributed by atoms with E-state index < -0.39 is 5.91 Å². The molecule has 0 spiro atoms. The number of carbonyl (C=O) groups excluding carboxylic acids is 1. The molecule has 0 saturated heterocycles. The lowest BCUT2D eigenvalue weighted by atomic mass is 10.2. The second-order valence-electron chi connectivity index (χ2n) is 6.43. The number of hydrogen-bond donors (Lipinski definition) is 1. The van der Waals surface area contributed by atoms with E-state index in [0.717, 1.165) is 5.56 Å². The summed E-state index contributed by atoms with van der Waals surface area (Å²) >= 11 is 3.50. The lowest BCUT2D eigenvalue weighted by Crippen LogP contribution is -2.14. The molecule has 0 fully saturated rings. The van der Waals surface area contributed by atoms with Crippen LogP contribution in [0, 0.1) is 5.82 Å². The van der Waals surface area contributed by atoms with Crippen LogP contribution in [0.3, 0.4) is 0 Å². The van der Waals surface area contributed by atoms with Crippen LogP contribution in [0.4, 0.5) is 4.39 Å². The Labute approximate surface area is 188 Å². The third-order valence-electron chi connectivity index (χ3n) is 4.16. The first kappa shape index (κ1) is 22.2. The molecule has 3 rings (SSSR count). The van der Waals surface area contributed by atoms with Gasteiger partial charge in [-0.15, -0.1) is 0 Å². The molecule has 0 atom stereocenters. The van der Waals surface area contributed by atoms with Gasteiger partial charge in [0.15, 0.2) is 11.5 Å². The van der Waals surface area contributed by atoms with Gasteiger partial charge in [-0.2, -0.15) is 5.10 Å². The van der Waals surface area contributed by atoms with Crippen LogP contribution in [0.15, 0.2) is 82.4 Å². The number of nitrogens with one attached hydrogen (secondary N) is 1. The zero-order valence-electron chi connectivity index (χ0n) is 16.7. The van der Waals surface area contributed by atoms with Crippen molar-refractivity contribution in [1.29, 1.82) is 0 Å². The summed E-state index contributed by atoms with van der Waals surface area (Å²) < 4.78 is 24.9. The van der Waals surface area contributed by atoms with E-state index >= 15 is 0 Å². The van der Waals surface area contributed by atoms with Crippen molar-refractivity contribution >= 4 is 34.1 Å². The van der Waals surface area contributed by atoms with E-state index in [0.29, 0.717) is 33.7 Å². The Kier molecular flexibility index (Phi) is 7.95. The molecule has 0 aliphatic carbocycles. The molecule has 0 radical (unpaired) electrons. The van der Waals surface area contributed by atoms with Crippen molar-refractivity contribution in [2.75, 3.05) is 7.11 Å². The summed E-state index contributed by atoms with van der Waals surface area (Å²) in [5.41, 5.74) is 4.87. The monoisotopic (exact) mass is 482 g/mol. The number of halogens is 2. The van der Waals surface area contributed by atoms with Crippen LogP contribution < -0.4 is 14.9 Å². The molecular formula is C24H20BrFN2O3. The topological polar surface area (TPSA) is 59.9 Å². The first-order chi connectivity index (χ1) is 15.0. The van der Waals surface area contributed by atoms with E-state index in [-0.39, 0.29) is 5.82 Å². The highest BCUT2D eigenvalue weighted by Crippen LogP contribution is 2.36. The van der Waals surface area contributed by atoms with Crippen molar-refractivity contribution < 1.29 is 18.7 Å². The van der Waals surface area contributed by atoms with Crippen molar-refractivity contribution in [2.24, 2.45) is 5.10 Å². The molecule has 0 saturated carbocycles. The maximum atomic E-state index is 12.9. The summed E-state index contributed by atoms with van der Waals surface area (Å²) in [4.78, 5) is 11.9. The smallest absolute Gasteiger partial charge is 0.264 e. The van der Waals surface area contributed by atoms with E-state index in [1.165, 1.54) is 24.4 Å². The maximum Gasteiger partial charge on any atom is 0.264 e. The quantitative estimate of drug-likeness (QED) is 0.267. The van der Waals surface area contributed by atoms with Crippen molar-refractivity contribution in [3.63, 3.8) is 0 Å². The first-order valence-corrected chi connectivity index (χ1v) is 10.2. The van der Waals surface area contributed by atoms with Gasteiger partial charge in [-0.1, -0.05) is 42.5 Å². The molecule has 7 heteroatoms. The van der Waals surface area contributed by atoms with Gasteiger partial charge in [-0.05, 0) is 63.0 Å². The molecule has 3 aromatic rings. The van der Waals surface area contributed by atoms with Gasteiger partial charge in [0, 0.05) is 6.08 Å². The van der Waals surface area contributed by atoms with E-state index in [1.54, 1.807) is 31.4 Å². The molecule has 1 N–H and O–H groups in total. The highest BCUT2D eigenvalue weighted by molar-refractivity contribution is 9.10. The van der Waals surface area contributed by atoms with Crippen LogP contribution in [0.2, 0.25) is 0 Å². The lowest BCUT2D eigenvalue weighted by Gasteiger charge is -2.13. The normalized spacial score (nSPS) is 11.1. The number of carbonyl (C=O) groups is 1. The predicted molar refractivity (Wildman–Crippen MR) is 123 cm³/mol. The summed E-state index contributed by atoms with van der Waals surface area (Å²) in [5.74, 6) is 0.378. The average molecular weight is 483 g/mol. The molecular weight excluding hydrogens is 463 g/mol. The fraction of sp³-hybridized carbons (Fsp3) is 0.0833. The van der Waals surface area contributed by atoms with Gasteiger partial charge in [0.2, 0.25) is 0 Å². The molecule has 0 heterocycles. The van der Waals surface area contributed by atoms with Crippen LogP contribution in [0.5, 0.6) is 11.5 Å². The average Bonchev–Trinajstić information content (AvgIpc) is 2.78. The van der Waals surface area contributed by atoms with Gasteiger partial charge in [-0.25, -0.2) is 9.82 Å². The number of nitrogens with zero attached hydrogens (tertiary/aromatic N) is 1. The van der Waals surface area contributed by atoms with E-state index in [9.17, 15) is 9.18 Å². The summed E-state index contributed by atoms with van der Waals surface area (Å²) in [6.07, 6.45) is 4.39. The van der Waals surface area contributed by atoms with E-state index in [2.05, 4.69) is 26.5 Å². The molecule has 0 aliphatic rings. The summed E-state index contributed by atoms with van der Waals surface area (Å²) in [5, 5.41) is 3.95. The summed E-state index contributed by atoms with van der Waals surface area (Å²) in [6, 6.07) is 19.2. The molecule has 3 aromatic carbocycles. The summed E-state index contributed by atoms with van der Waals surface area (Å²) in [6.45, 7) is 0.402. The largest absolute Gasteiger partial charge is 0.493 e. The van der Waals surface area contributed by atoms with Gasteiger partial charge in [0.05, 0.1) is 17.8 Å². The van der Waals surface area contributed by atoms with Crippen LogP contribution in [0.1, 0.15) is 16.7 Å². The van der Waals surface area contributed by atoms with Crippen LogP contribution in [-0.2, 0) is 11.4 Å². The molecule has 5 nitrogen and oxygen atoms in total. The molecule has 0 aliphatic heterocycles. The second kappa shape index (κ2) is 11.1. The number of hydrazone groups is 1. The minimum absolute atomic E-state index is 0.329. The first-order valence-electron chi connectivity index (χ1n) is 9.36. The zero-order chi connectivity index (χ0) is 22.1.